The Labute approximate surface area is 138 Å². The van der Waals surface area contributed by atoms with Gasteiger partial charge in [0, 0.05) is 23.6 Å². The third-order valence-electron chi connectivity index (χ3n) is 3.13. The van der Waals surface area contributed by atoms with Gasteiger partial charge in [-0.05, 0) is 36.4 Å². The van der Waals surface area contributed by atoms with Gasteiger partial charge in [-0.1, -0.05) is 18.2 Å². The van der Waals surface area contributed by atoms with Crippen LogP contribution in [0.25, 0.3) is 0 Å². The van der Waals surface area contributed by atoms with Crippen LogP contribution in [0.15, 0.2) is 73.2 Å². The highest BCUT2D eigenvalue weighted by Crippen LogP contribution is 2.17. The van der Waals surface area contributed by atoms with Gasteiger partial charge in [0.25, 0.3) is 5.91 Å². The molecule has 118 valence electrons. The zero-order valence-electron chi connectivity index (χ0n) is 12.5. The van der Waals surface area contributed by atoms with E-state index in [4.69, 9.17) is 4.74 Å². The number of carbonyl (C=O) groups is 2. The van der Waals surface area contributed by atoms with Crippen molar-refractivity contribution < 1.29 is 14.3 Å². The number of amides is 1. The number of rotatable bonds is 4. The number of carbonyl (C=O) groups excluding carboxylic acids is 2. The van der Waals surface area contributed by atoms with Crippen LogP contribution in [0.2, 0.25) is 0 Å². The Morgan fingerprint density at radius 2 is 1.67 bits per heavy atom. The Hall–Kier alpha value is -3.54. The molecule has 1 heterocycles. The summed E-state index contributed by atoms with van der Waals surface area (Å²) in [5.41, 5.74) is 1.29. The van der Waals surface area contributed by atoms with Gasteiger partial charge < -0.3 is 10.1 Å². The zero-order chi connectivity index (χ0) is 16.8. The van der Waals surface area contributed by atoms with Crippen LogP contribution in [-0.2, 0) is 0 Å². The molecule has 0 spiro atoms. The van der Waals surface area contributed by atoms with E-state index < -0.39 is 5.97 Å². The number of aromatic nitrogens is 2. The molecule has 3 aromatic rings. The number of nitrogens with one attached hydrogen (secondary N) is 1. The normalized spacial score (nSPS) is 10.0. The van der Waals surface area contributed by atoms with E-state index in [1.807, 2.05) is 6.07 Å². The average Bonchev–Trinajstić information content (AvgIpc) is 2.65. The fraction of sp³-hybridized carbons (Fsp3) is 0. The van der Waals surface area contributed by atoms with Crippen molar-refractivity contribution in [2.24, 2.45) is 0 Å². The highest BCUT2D eigenvalue weighted by Gasteiger charge is 2.10. The lowest BCUT2D eigenvalue weighted by Gasteiger charge is -2.07. The van der Waals surface area contributed by atoms with Crippen LogP contribution in [0, 0.1) is 0 Å². The van der Waals surface area contributed by atoms with Crippen LogP contribution in [0.5, 0.6) is 5.75 Å². The van der Waals surface area contributed by atoms with E-state index in [-0.39, 0.29) is 11.6 Å². The lowest BCUT2D eigenvalue weighted by atomic mass is 10.2. The second kappa shape index (κ2) is 7.15. The van der Waals surface area contributed by atoms with Crippen molar-refractivity contribution in [2.45, 2.75) is 0 Å². The Kier molecular flexibility index (Phi) is 4.57. The molecule has 3 rings (SSSR count). The molecule has 0 aliphatic heterocycles. The summed E-state index contributed by atoms with van der Waals surface area (Å²) >= 11 is 0. The van der Waals surface area contributed by atoms with Crippen LogP contribution in [0.4, 0.5) is 5.69 Å². The van der Waals surface area contributed by atoms with Gasteiger partial charge in [-0.15, -0.1) is 0 Å². The summed E-state index contributed by atoms with van der Waals surface area (Å²) in [5.74, 6) is -0.451. The molecule has 0 bridgehead atoms. The van der Waals surface area contributed by atoms with Crippen molar-refractivity contribution in [1.82, 2.24) is 9.97 Å². The van der Waals surface area contributed by atoms with Gasteiger partial charge in [0.05, 0.1) is 6.20 Å². The van der Waals surface area contributed by atoms with Crippen molar-refractivity contribution in [2.75, 3.05) is 5.32 Å². The van der Waals surface area contributed by atoms with Crippen molar-refractivity contribution in [1.29, 1.82) is 0 Å². The standard InChI is InChI=1S/C18H13N3O3/c22-17(13-4-2-1-3-5-13)21-14-6-8-15(9-7-14)24-18(23)16-12-19-10-11-20-16/h1-12H,(H,21,22). The highest BCUT2D eigenvalue weighted by molar-refractivity contribution is 6.04. The number of anilines is 1. The number of ether oxygens (including phenoxy) is 1. The van der Waals surface area contributed by atoms with Gasteiger partial charge in [0.1, 0.15) is 5.75 Å². The molecule has 24 heavy (non-hydrogen) atoms. The summed E-state index contributed by atoms with van der Waals surface area (Å²) < 4.78 is 5.19. The second-order valence-corrected chi connectivity index (χ2v) is 4.82. The van der Waals surface area contributed by atoms with Crippen LogP contribution in [0.3, 0.4) is 0 Å². The zero-order valence-corrected chi connectivity index (χ0v) is 12.5. The van der Waals surface area contributed by atoms with Crippen molar-refractivity contribution in [3.63, 3.8) is 0 Å². The van der Waals surface area contributed by atoms with Crippen LogP contribution < -0.4 is 10.1 Å². The molecule has 6 heteroatoms. The predicted molar refractivity (Wildman–Crippen MR) is 87.8 cm³/mol. The first kappa shape index (κ1) is 15.4. The number of benzene rings is 2. The Morgan fingerprint density at radius 1 is 0.917 bits per heavy atom. The minimum Gasteiger partial charge on any atom is -0.422 e. The number of hydrogen-bond acceptors (Lipinski definition) is 5. The lowest BCUT2D eigenvalue weighted by molar-refractivity contribution is 0.0727. The summed E-state index contributed by atoms with van der Waals surface area (Å²) in [6.45, 7) is 0. The Balaban J connectivity index is 1.63. The third-order valence-corrected chi connectivity index (χ3v) is 3.13. The average molecular weight is 319 g/mol. The van der Waals surface area contributed by atoms with Crippen molar-refractivity contribution in [3.05, 3.63) is 84.4 Å². The Morgan fingerprint density at radius 3 is 2.33 bits per heavy atom. The smallest absolute Gasteiger partial charge is 0.363 e. The summed E-state index contributed by atoms with van der Waals surface area (Å²) in [5, 5.41) is 2.77. The Bertz CT molecular complexity index is 762. The van der Waals surface area contributed by atoms with Crippen molar-refractivity contribution >= 4 is 17.6 Å². The maximum Gasteiger partial charge on any atom is 0.363 e. The lowest BCUT2D eigenvalue weighted by Crippen LogP contribution is -2.12. The molecule has 1 amide bonds. The monoisotopic (exact) mass is 319 g/mol. The van der Waals surface area contributed by atoms with Crippen LogP contribution >= 0.6 is 0 Å². The van der Waals surface area contributed by atoms with Gasteiger partial charge in [-0.2, -0.15) is 0 Å². The molecular weight excluding hydrogens is 306 g/mol. The topological polar surface area (TPSA) is 81.2 Å². The van der Waals surface area contributed by atoms with Gasteiger partial charge in [0.15, 0.2) is 5.69 Å². The largest absolute Gasteiger partial charge is 0.422 e. The molecule has 1 N–H and O–H groups in total. The number of esters is 1. The minimum absolute atomic E-state index is 0.124. The van der Waals surface area contributed by atoms with E-state index in [0.717, 1.165) is 0 Å². The van der Waals surface area contributed by atoms with E-state index in [1.165, 1.54) is 18.6 Å². The maximum absolute atomic E-state index is 12.1. The molecule has 1 aromatic heterocycles. The molecule has 2 aromatic carbocycles. The van der Waals surface area contributed by atoms with Gasteiger partial charge in [-0.25, -0.2) is 9.78 Å². The maximum atomic E-state index is 12.1. The minimum atomic E-state index is -0.593. The van der Waals surface area contributed by atoms with Gasteiger partial charge >= 0.3 is 5.97 Å². The highest BCUT2D eigenvalue weighted by atomic mass is 16.5. The summed E-state index contributed by atoms with van der Waals surface area (Å²) in [6, 6.07) is 15.4. The van der Waals surface area contributed by atoms with Crippen LogP contribution in [0.1, 0.15) is 20.8 Å². The first-order valence-electron chi connectivity index (χ1n) is 7.17. The molecule has 0 aliphatic rings. The van der Waals surface area contributed by atoms with E-state index in [0.29, 0.717) is 17.0 Å². The van der Waals surface area contributed by atoms with Gasteiger partial charge in [-0.3, -0.25) is 9.78 Å². The van der Waals surface area contributed by atoms with Crippen LogP contribution in [-0.4, -0.2) is 21.8 Å². The van der Waals surface area contributed by atoms with Gasteiger partial charge in [0.2, 0.25) is 0 Å². The predicted octanol–water partition coefficient (Wildman–Crippen LogP) is 2.95. The number of hydrogen-bond donors (Lipinski definition) is 1. The fourth-order valence-electron chi connectivity index (χ4n) is 1.96. The SMILES string of the molecule is O=C(Nc1ccc(OC(=O)c2cnccn2)cc1)c1ccccc1. The van der Waals surface area contributed by atoms with E-state index >= 15 is 0 Å². The molecule has 0 unspecified atom stereocenters. The van der Waals surface area contributed by atoms with E-state index in [2.05, 4.69) is 15.3 Å². The summed E-state index contributed by atoms with van der Waals surface area (Å²) in [7, 11) is 0. The van der Waals surface area contributed by atoms with E-state index in [1.54, 1.807) is 48.5 Å². The molecule has 6 nitrogen and oxygen atoms in total. The first-order chi connectivity index (χ1) is 11.7. The molecule has 0 fully saturated rings. The molecule has 0 radical (unpaired) electrons. The summed E-state index contributed by atoms with van der Waals surface area (Å²) in [4.78, 5) is 31.6. The first-order valence-corrected chi connectivity index (χ1v) is 7.17. The molecule has 0 aliphatic carbocycles. The molecular formula is C18H13N3O3. The molecule has 0 saturated heterocycles. The molecule has 0 saturated carbocycles. The number of nitrogens with zero attached hydrogens (tertiary/aromatic N) is 2. The summed E-state index contributed by atoms with van der Waals surface area (Å²) in [6.07, 6.45) is 4.22. The third kappa shape index (κ3) is 3.80. The van der Waals surface area contributed by atoms with Crippen molar-refractivity contribution in [3.8, 4) is 5.75 Å². The quantitative estimate of drug-likeness (QED) is 0.590. The molecule has 0 atom stereocenters. The van der Waals surface area contributed by atoms with E-state index in [9.17, 15) is 9.59 Å². The fourth-order valence-corrected chi connectivity index (χ4v) is 1.96. The second-order valence-electron chi connectivity index (χ2n) is 4.82.